The number of carboxylic acids is 1. The average molecular weight is 328 g/mol. The SMILES string of the molecule is O=C(CSc1ccc(Cl)c(C(=O)O)c1)NC1CCCCC1. The van der Waals surface area contributed by atoms with Crippen molar-refractivity contribution in [2.45, 2.75) is 43.0 Å². The normalized spacial score (nSPS) is 15.7. The van der Waals surface area contributed by atoms with E-state index in [2.05, 4.69) is 5.32 Å². The first-order chi connectivity index (χ1) is 10.1. The van der Waals surface area contributed by atoms with Crippen LogP contribution in [0.25, 0.3) is 0 Å². The standard InChI is InChI=1S/C15H18ClNO3S/c16-13-7-6-11(8-12(13)15(19)20)21-9-14(18)17-10-4-2-1-3-5-10/h6-8,10H,1-5,9H2,(H,17,18)(H,19,20). The van der Waals surface area contributed by atoms with Crippen molar-refractivity contribution in [1.82, 2.24) is 5.32 Å². The van der Waals surface area contributed by atoms with Gasteiger partial charge in [0.25, 0.3) is 0 Å². The van der Waals surface area contributed by atoms with Crippen LogP contribution in [-0.4, -0.2) is 28.8 Å². The number of carbonyl (C=O) groups excluding carboxylic acids is 1. The number of thioether (sulfide) groups is 1. The van der Waals surface area contributed by atoms with Gasteiger partial charge >= 0.3 is 5.97 Å². The molecule has 2 N–H and O–H groups in total. The maximum absolute atomic E-state index is 11.9. The summed E-state index contributed by atoms with van der Waals surface area (Å²) in [7, 11) is 0. The Morgan fingerprint density at radius 1 is 1.29 bits per heavy atom. The molecule has 1 aromatic carbocycles. The molecule has 6 heteroatoms. The highest BCUT2D eigenvalue weighted by Crippen LogP contribution is 2.25. The van der Waals surface area contributed by atoms with Gasteiger partial charge in [0.2, 0.25) is 5.91 Å². The van der Waals surface area contributed by atoms with Gasteiger partial charge in [0, 0.05) is 10.9 Å². The molecule has 1 amide bonds. The summed E-state index contributed by atoms with van der Waals surface area (Å²) in [5.41, 5.74) is 0.0642. The summed E-state index contributed by atoms with van der Waals surface area (Å²) < 4.78 is 0. The number of hydrogen-bond donors (Lipinski definition) is 2. The quantitative estimate of drug-likeness (QED) is 0.811. The summed E-state index contributed by atoms with van der Waals surface area (Å²) in [5.74, 6) is -0.773. The molecule has 0 radical (unpaired) electrons. The Morgan fingerprint density at radius 3 is 2.67 bits per heavy atom. The van der Waals surface area contributed by atoms with Gasteiger partial charge in [-0.3, -0.25) is 4.79 Å². The Morgan fingerprint density at radius 2 is 2.00 bits per heavy atom. The van der Waals surface area contributed by atoms with Crippen molar-refractivity contribution in [2.24, 2.45) is 0 Å². The monoisotopic (exact) mass is 327 g/mol. The van der Waals surface area contributed by atoms with Crippen LogP contribution >= 0.6 is 23.4 Å². The van der Waals surface area contributed by atoms with Crippen LogP contribution in [0.5, 0.6) is 0 Å². The minimum Gasteiger partial charge on any atom is -0.478 e. The van der Waals surface area contributed by atoms with Gasteiger partial charge in [0.05, 0.1) is 16.3 Å². The van der Waals surface area contributed by atoms with Gasteiger partial charge in [-0.25, -0.2) is 4.79 Å². The van der Waals surface area contributed by atoms with Gasteiger partial charge in [-0.1, -0.05) is 30.9 Å². The molecule has 0 heterocycles. The first-order valence-electron chi connectivity index (χ1n) is 7.01. The summed E-state index contributed by atoms with van der Waals surface area (Å²) in [6.07, 6.45) is 5.72. The molecule has 0 aromatic heterocycles. The number of hydrogen-bond acceptors (Lipinski definition) is 3. The molecule has 1 fully saturated rings. The van der Waals surface area contributed by atoms with Crippen molar-refractivity contribution < 1.29 is 14.7 Å². The molecule has 4 nitrogen and oxygen atoms in total. The summed E-state index contributed by atoms with van der Waals surface area (Å²) in [6.45, 7) is 0. The van der Waals surface area contributed by atoms with E-state index in [4.69, 9.17) is 16.7 Å². The molecule has 0 bridgehead atoms. The van der Waals surface area contributed by atoms with Crippen molar-refractivity contribution in [2.75, 3.05) is 5.75 Å². The van der Waals surface area contributed by atoms with Gasteiger partial charge < -0.3 is 10.4 Å². The first-order valence-corrected chi connectivity index (χ1v) is 8.37. The molecular weight excluding hydrogens is 310 g/mol. The number of benzene rings is 1. The number of carbonyl (C=O) groups is 2. The molecule has 1 saturated carbocycles. The molecular formula is C15H18ClNO3S. The Labute approximate surface area is 133 Å². The third-order valence-corrected chi connectivity index (χ3v) is 4.83. The van der Waals surface area contributed by atoms with E-state index in [0.717, 1.165) is 17.7 Å². The Hall–Kier alpha value is -1.20. The highest BCUT2D eigenvalue weighted by molar-refractivity contribution is 8.00. The second kappa shape index (κ2) is 7.71. The summed E-state index contributed by atoms with van der Waals surface area (Å²) in [6, 6.07) is 5.08. The van der Waals surface area contributed by atoms with E-state index in [0.29, 0.717) is 6.04 Å². The largest absolute Gasteiger partial charge is 0.478 e. The van der Waals surface area contributed by atoms with E-state index in [1.54, 1.807) is 12.1 Å². The van der Waals surface area contributed by atoms with Crippen molar-refractivity contribution in [3.63, 3.8) is 0 Å². The van der Waals surface area contributed by atoms with Crippen LogP contribution in [0.1, 0.15) is 42.5 Å². The van der Waals surface area contributed by atoms with Crippen LogP contribution in [0, 0.1) is 0 Å². The number of carboxylic acid groups (broad SMARTS) is 1. The average Bonchev–Trinajstić information content (AvgIpc) is 2.47. The molecule has 21 heavy (non-hydrogen) atoms. The molecule has 0 unspecified atom stereocenters. The zero-order chi connectivity index (χ0) is 15.2. The lowest BCUT2D eigenvalue weighted by Gasteiger charge is -2.22. The molecule has 1 aromatic rings. The van der Waals surface area contributed by atoms with Crippen molar-refractivity contribution in [3.05, 3.63) is 28.8 Å². The van der Waals surface area contributed by atoms with E-state index in [1.807, 2.05) is 0 Å². The summed E-state index contributed by atoms with van der Waals surface area (Å²) in [4.78, 5) is 23.6. The highest BCUT2D eigenvalue weighted by atomic mass is 35.5. The summed E-state index contributed by atoms with van der Waals surface area (Å²) in [5, 5.41) is 12.3. The van der Waals surface area contributed by atoms with Crippen LogP contribution in [-0.2, 0) is 4.79 Å². The van der Waals surface area contributed by atoms with Crippen molar-refractivity contribution in [3.8, 4) is 0 Å². The molecule has 0 aliphatic heterocycles. The molecule has 0 spiro atoms. The van der Waals surface area contributed by atoms with E-state index in [1.165, 1.54) is 37.1 Å². The van der Waals surface area contributed by atoms with Gasteiger partial charge in [-0.2, -0.15) is 0 Å². The van der Waals surface area contributed by atoms with E-state index in [-0.39, 0.29) is 22.2 Å². The number of halogens is 1. The zero-order valence-corrected chi connectivity index (χ0v) is 13.2. The Bertz CT molecular complexity index is 530. The van der Waals surface area contributed by atoms with E-state index >= 15 is 0 Å². The zero-order valence-electron chi connectivity index (χ0n) is 11.6. The second-order valence-corrected chi connectivity index (χ2v) is 6.59. The van der Waals surface area contributed by atoms with Crippen LogP contribution in [0.15, 0.2) is 23.1 Å². The van der Waals surface area contributed by atoms with Gasteiger partial charge in [0.15, 0.2) is 0 Å². The number of rotatable bonds is 5. The third kappa shape index (κ3) is 4.93. The topological polar surface area (TPSA) is 66.4 Å². The predicted molar refractivity (Wildman–Crippen MR) is 84.2 cm³/mol. The number of amides is 1. The van der Waals surface area contributed by atoms with Gasteiger partial charge in [-0.15, -0.1) is 11.8 Å². The predicted octanol–water partition coefficient (Wildman–Crippen LogP) is 3.58. The van der Waals surface area contributed by atoms with Gasteiger partial charge in [0.1, 0.15) is 0 Å². The van der Waals surface area contributed by atoms with E-state index in [9.17, 15) is 9.59 Å². The minimum absolute atomic E-state index is 0.00118. The van der Waals surface area contributed by atoms with Crippen LogP contribution < -0.4 is 5.32 Å². The lowest BCUT2D eigenvalue weighted by atomic mass is 9.95. The first kappa shape index (κ1) is 16.2. The lowest BCUT2D eigenvalue weighted by molar-refractivity contribution is -0.119. The van der Waals surface area contributed by atoms with Crippen molar-refractivity contribution in [1.29, 1.82) is 0 Å². The fraction of sp³-hybridized carbons (Fsp3) is 0.467. The smallest absolute Gasteiger partial charge is 0.337 e. The van der Waals surface area contributed by atoms with Gasteiger partial charge in [-0.05, 0) is 31.0 Å². The molecule has 1 aliphatic rings. The van der Waals surface area contributed by atoms with Crippen LogP contribution in [0.3, 0.4) is 0 Å². The molecule has 0 atom stereocenters. The van der Waals surface area contributed by atoms with E-state index < -0.39 is 5.97 Å². The molecule has 2 rings (SSSR count). The maximum atomic E-state index is 11.9. The Kier molecular flexibility index (Phi) is 5.94. The van der Waals surface area contributed by atoms with Crippen LogP contribution in [0.2, 0.25) is 5.02 Å². The number of aromatic carboxylic acids is 1. The fourth-order valence-corrected chi connectivity index (χ4v) is 3.37. The Balaban J connectivity index is 1.86. The van der Waals surface area contributed by atoms with Crippen LogP contribution in [0.4, 0.5) is 0 Å². The summed E-state index contributed by atoms with van der Waals surface area (Å²) >= 11 is 7.14. The maximum Gasteiger partial charge on any atom is 0.337 e. The number of nitrogens with one attached hydrogen (secondary N) is 1. The molecule has 0 saturated heterocycles. The second-order valence-electron chi connectivity index (χ2n) is 5.14. The molecule has 1 aliphatic carbocycles. The highest BCUT2D eigenvalue weighted by Gasteiger charge is 2.16. The fourth-order valence-electron chi connectivity index (χ4n) is 2.42. The molecule has 114 valence electrons. The third-order valence-electron chi connectivity index (χ3n) is 3.51. The lowest BCUT2D eigenvalue weighted by Crippen LogP contribution is -2.37. The van der Waals surface area contributed by atoms with Crippen molar-refractivity contribution >= 4 is 35.2 Å². The minimum atomic E-state index is -1.06.